The Kier molecular flexibility index (Phi) is 5.74. The summed E-state index contributed by atoms with van der Waals surface area (Å²) in [5.74, 6) is -3.47. The second-order valence-corrected chi connectivity index (χ2v) is 6.64. The number of urea groups is 1. The highest BCUT2D eigenvalue weighted by Gasteiger charge is 2.36. The van der Waals surface area contributed by atoms with Gasteiger partial charge in [-0.25, -0.2) is 14.1 Å². The summed E-state index contributed by atoms with van der Waals surface area (Å²) in [6.45, 7) is -0.644. The van der Waals surface area contributed by atoms with Crippen LogP contribution < -0.4 is 20.1 Å². The third kappa shape index (κ3) is 4.49. The van der Waals surface area contributed by atoms with Crippen molar-refractivity contribution >= 4 is 51.5 Å². The lowest BCUT2D eigenvalue weighted by molar-refractivity contribution is -0.307. The summed E-state index contributed by atoms with van der Waals surface area (Å²) < 4.78 is 18.5. The van der Waals surface area contributed by atoms with Gasteiger partial charge in [-0.1, -0.05) is 6.07 Å². The van der Waals surface area contributed by atoms with Crippen molar-refractivity contribution in [3.05, 3.63) is 63.9 Å². The number of carboxylic acid groups (broad SMARTS) is 1. The topological polar surface area (TPSA) is 116 Å². The molecule has 0 atom stereocenters. The van der Waals surface area contributed by atoms with Crippen LogP contribution in [-0.4, -0.2) is 30.4 Å². The normalized spacial score (nSPS) is 15.4. The largest absolute Gasteiger partial charge is 0.546 e. The van der Waals surface area contributed by atoms with E-state index in [4.69, 9.17) is 4.74 Å². The average molecular weight is 462 g/mol. The van der Waals surface area contributed by atoms with Gasteiger partial charge < -0.3 is 14.6 Å². The number of barbiturate groups is 1. The van der Waals surface area contributed by atoms with Crippen molar-refractivity contribution in [1.29, 1.82) is 0 Å². The molecule has 0 radical (unpaired) electrons. The second-order valence-electron chi connectivity index (χ2n) is 5.78. The highest BCUT2D eigenvalue weighted by atomic mass is 79.9. The number of aliphatic carboxylic acids is 1. The second kappa shape index (κ2) is 8.23. The first kappa shape index (κ1) is 20.2. The van der Waals surface area contributed by atoms with Gasteiger partial charge in [-0.2, -0.15) is 0 Å². The van der Waals surface area contributed by atoms with Crippen LogP contribution >= 0.6 is 15.9 Å². The van der Waals surface area contributed by atoms with Crippen LogP contribution in [-0.2, 0) is 14.4 Å². The molecule has 0 unspecified atom stereocenters. The minimum absolute atomic E-state index is 0.0968. The number of amides is 4. The van der Waals surface area contributed by atoms with Crippen LogP contribution in [0.3, 0.4) is 0 Å². The number of nitrogens with zero attached hydrogens (tertiary/aromatic N) is 1. The van der Waals surface area contributed by atoms with Gasteiger partial charge in [0.05, 0.1) is 16.1 Å². The zero-order chi connectivity index (χ0) is 21.1. The van der Waals surface area contributed by atoms with Crippen LogP contribution in [0, 0.1) is 5.82 Å². The highest BCUT2D eigenvalue weighted by molar-refractivity contribution is 9.10. The molecule has 2 aromatic rings. The number of carboxylic acids is 1. The quantitative estimate of drug-likeness (QED) is 0.531. The van der Waals surface area contributed by atoms with Crippen LogP contribution in [0.5, 0.6) is 5.75 Å². The Morgan fingerprint density at radius 3 is 2.48 bits per heavy atom. The van der Waals surface area contributed by atoms with Gasteiger partial charge in [-0.3, -0.25) is 14.9 Å². The number of ether oxygens (including phenoxy) is 1. The minimum Gasteiger partial charge on any atom is -0.546 e. The Morgan fingerprint density at radius 2 is 1.86 bits per heavy atom. The first-order valence-electron chi connectivity index (χ1n) is 8.05. The van der Waals surface area contributed by atoms with E-state index in [0.29, 0.717) is 10.0 Å². The summed E-state index contributed by atoms with van der Waals surface area (Å²) in [4.78, 5) is 48.2. The molecule has 1 heterocycles. The summed E-state index contributed by atoms with van der Waals surface area (Å²) >= 11 is 3.20. The van der Waals surface area contributed by atoms with Crippen LogP contribution in [0.1, 0.15) is 5.56 Å². The molecule has 2 aromatic carbocycles. The number of imide groups is 2. The van der Waals surface area contributed by atoms with E-state index < -0.39 is 36.2 Å². The van der Waals surface area contributed by atoms with Gasteiger partial charge in [-0.05, 0) is 64.0 Å². The SMILES string of the molecule is O=C([O-])COc1ccc(/C=C2\C(=O)NC(=O)N(c3ccc(F)cc3)C2=O)cc1Br. The van der Waals surface area contributed by atoms with Crippen molar-refractivity contribution in [2.45, 2.75) is 0 Å². The molecule has 1 fully saturated rings. The lowest BCUT2D eigenvalue weighted by Crippen LogP contribution is -2.54. The number of anilines is 1. The standard InChI is InChI=1S/C19H12BrFN2O6/c20-14-8-10(1-6-15(14)29-9-16(24)25)7-13-17(26)22-19(28)23(18(13)27)12-4-2-11(21)3-5-12/h1-8H,9H2,(H,24,25)(H,22,26,28)/p-1/b13-7+. The molecule has 1 aliphatic rings. The zero-order valence-electron chi connectivity index (χ0n) is 14.5. The fourth-order valence-corrected chi connectivity index (χ4v) is 3.02. The number of halogens is 2. The lowest BCUT2D eigenvalue weighted by Gasteiger charge is -2.26. The van der Waals surface area contributed by atoms with Crippen molar-refractivity contribution in [3.8, 4) is 5.75 Å². The Balaban J connectivity index is 1.91. The number of benzene rings is 2. The van der Waals surface area contributed by atoms with Crippen molar-refractivity contribution < 1.29 is 33.4 Å². The molecule has 3 rings (SSSR count). The maximum atomic E-state index is 13.1. The molecule has 0 spiro atoms. The lowest BCUT2D eigenvalue weighted by atomic mass is 10.1. The van der Waals surface area contributed by atoms with E-state index in [9.17, 15) is 28.7 Å². The summed E-state index contributed by atoms with van der Waals surface area (Å²) in [7, 11) is 0. The maximum absolute atomic E-state index is 13.1. The molecule has 1 N–H and O–H groups in total. The van der Waals surface area contributed by atoms with Crippen LogP contribution in [0.2, 0.25) is 0 Å². The van der Waals surface area contributed by atoms with E-state index in [1.165, 1.54) is 36.4 Å². The Morgan fingerprint density at radius 1 is 1.17 bits per heavy atom. The van der Waals surface area contributed by atoms with Crippen molar-refractivity contribution in [2.75, 3.05) is 11.5 Å². The van der Waals surface area contributed by atoms with Gasteiger partial charge >= 0.3 is 6.03 Å². The van der Waals surface area contributed by atoms with Crippen molar-refractivity contribution in [1.82, 2.24) is 5.32 Å². The number of carbonyl (C=O) groups is 4. The molecule has 8 nitrogen and oxygen atoms in total. The fraction of sp³-hybridized carbons (Fsp3) is 0.0526. The van der Waals surface area contributed by atoms with Gasteiger partial charge in [-0.15, -0.1) is 0 Å². The van der Waals surface area contributed by atoms with Crippen molar-refractivity contribution in [3.63, 3.8) is 0 Å². The van der Waals surface area contributed by atoms with E-state index >= 15 is 0 Å². The molecule has 29 heavy (non-hydrogen) atoms. The molecule has 148 valence electrons. The summed E-state index contributed by atoms with van der Waals surface area (Å²) in [5, 5.41) is 12.5. The Bertz CT molecular complexity index is 1050. The molecule has 0 aliphatic carbocycles. The Hall–Kier alpha value is -3.53. The molecule has 0 bridgehead atoms. The van der Waals surface area contributed by atoms with Gasteiger partial charge in [0.25, 0.3) is 11.8 Å². The predicted octanol–water partition coefficient (Wildman–Crippen LogP) is 1.38. The molecular weight excluding hydrogens is 451 g/mol. The van der Waals surface area contributed by atoms with Crippen molar-refractivity contribution in [2.24, 2.45) is 0 Å². The smallest absolute Gasteiger partial charge is 0.335 e. The average Bonchev–Trinajstić information content (AvgIpc) is 2.65. The van der Waals surface area contributed by atoms with Crippen LogP contribution in [0.15, 0.2) is 52.5 Å². The Labute approximate surface area is 171 Å². The third-order valence-electron chi connectivity index (χ3n) is 3.80. The van der Waals surface area contributed by atoms with Gasteiger partial charge in [0.1, 0.15) is 23.7 Å². The maximum Gasteiger partial charge on any atom is 0.335 e. The van der Waals surface area contributed by atoms with E-state index in [-0.39, 0.29) is 17.0 Å². The van der Waals surface area contributed by atoms with Crippen LogP contribution in [0.4, 0.5) is 14.9 Å². The molecule has 0 saturated carbocycles. The van der Waals surface area contributed by atoms with E-state index in [0.717, 1.165) is 17.0 Å². The minimum atomic E-state index is -1.39. The summed E-state index contributed by atoms with van der Waals surface area (Å²) in [5.41, 5.74) is 0.188. The molecule has 4 amide bonds. The predicted molar refractivity (Wildman–Crippen MR) is 100 cm³/mol. The van der Waals surface area contributed by atoms with E-state index in [1.54, 1.807) is 0 Å². The summed E-state index contributed by atoms with van der Waals surface area (Å²) in [6.07, 6.45) is 1.26. The number of rotatable bonds is 5. The molecule has 0 aromatic heterocycles. The van der Waals surface area contributed by atoms with E-state index in [1.807, 2.05) is 0 Å². The van der Waals surface area contributed by atoms with Crippen LogP contribution in [0.25, 0.3) is 6.08 Å². The highest BCUT2D eigenvalue weighted by Crippen LogP contribution is 2.28. The molecular formula is C19H11BrFN2O6-. The third-order valence-corrected chi connectivity index (χ3v) is 4.42. The first-order valence-corrected chi connectivity index (χ1v) is 8.85. The number of hydrogen-bond acceptors (Lipinski definition) is 6. The molecule has 1 aliphatic heterocycles. The monoisotopic (exact) mass is 461 g/mol. The van der Waals surface area contributed by atoms with E-state index in [2.05, 4.69) is 21.2 Å². The fourth-order valence-electron chi connectivity index (χ4n) is 2.51. The van der Waals surface area contributed by atoms with Gasteiger partial charge in [0, 0.05) is 0 Å². The summed E-state index contributed by atoms with van der Waals surface area (Å²) in [6, 6.07) is 8.11. The molecule has 10 heteroatoms. The zero-order valence-corrected chi connectivity index (χ0v) is 16.1. The van der Waals surface area contributed by atoms with Gasteiger partial charge in [0.15, 0.2) is 0 Å². The number of carbonyl (C=O) groups excluding carboxylic acids is 4. The first-order chi connectivity index (χ1) is 13.8. The van der Waals surface area contributed by atoms with Gasteiger partial charge in [0.2, 0.25) is 0 Å². The number of hydrogen-bond donors (Lipinski definition) is 1. The molecule has 1 saturated heterocycles. The number of nitrogens with one attached hydrogen (secondary N) is 1.